The lowest BCUT2D eigenvalue weighted by Gasteiger charge is -2.18. The van der Waals surface area contributed by atoms with E-state index >= 15 is 0 Å². The highest BCUT2D eigenvalue weighted by Crippen LogP contribution is 2.24. The molecule has 0 saturated carbocycles. The number of rotatable bonds is 4. The summed E-state index contributed by atoms with van der Waals surface area (Å²) in [5.41, 5.74) is 4.70. The molecule has 2 aromatic rings. The largest absolute Gasteiger partial charge is 0.457 e. The van der Waals surface area contributed by atoms with Crippen molar-refractivity contribution in [3.8, 4) is 11.5 Å². The summed E-state index contributed by atoms with van der Waals surface area (Å²) in [5, 5.41) is 10.5. The first-order chi connectivity index (χ1) is 12.8. The number of primary amides is 1. The second-order valence-corrected chi connectivity index (χ2v) is 10.1. The smallest absolute Gasteiger partial charge is 0.325 e. The third-order valence-electron chi connectivity index (χ3n) is 3.12. The SMILES string of the molecule is CC(C)(C)S(=O)(=O)NC(N)=O.O=[N+]([O-])c1ccc(Oc2cccc(I)c2)cc1. The van der Waals surface area contributed by atoms with Crippen LogP contribution < -0.4 is 15.2 Å². The van der Waals surface area contributed by atoms with Crippen molar-refractivity contribution in [1.29, 1.82) is 0 Å². The minimum Gasteiger partial charge on any atom is -0.457 e. The highest BCUT2D eigenvalue weighted by Gasteiger charge is 2.29. The molecule has 0 heterocycles. The maximum atomic E-state index is 11.1. The van der Waals surface area contributed by atoms with E-state index in [0.717, 1.165) is 3.57 Å². The molecule has 0 aliphatic heterocycles. The zero-order chi connectivity index (χ0) is 21.5. The fourth-order valence-corrected chi connectivity index (χ4v) is 2.67. The van der Waals surface area contributed by atoms with Gasteiger partial charge in [0.15, 0.2) is 0 Å². The molecule has 0 bridgehead atoms. The van der Waals surface area contributed by atoms with Crippen LogP contribution in [0, 0.1) is 13.7 Å². The number of non-ortho nitro benzene ring substituents is 1. The first-order valence-electron chi connectivity index (χ1n) is 7.81. The van der Waals surface area contributed by atoms with Crippen LogP contribution in [-0.4, -0.2) is 24.1 Å². The van der Waals surface area contributed by atoms with Gasteiger partial charge in [-0.15, -0.1) is 0 Å². The molecule has 0 aliphatic carbocycles. The van der Waals surface area contributed by atoms with E-state index in [4.69, 9.17) is 4.74 Å². The third-order valence-corrected chi connectivity index (χ3v) is 5.87. The number of hydrogen-bond donors (Lipinski definition) is 2. The summed E-state index contributed by atoms with van der Waals surface area (Å²) in [6.45, 7) is 4.41. The summed E-state index contributed by atoms with van der Waals surface area (Å²) >= 11 is 2.19. The second-order valence-electron chi connectivity index (χ2n) is 6.39. The van der Waals surface area contributed by atoms with Crippen molar-refractivity contribution >= 4 is 44.3 Å². The molecule has 0 radical (unpaired) electrons. The number of nitrogens with one attached hydrogen (secondary N) is 1. The molecule has 152 valence electrons. The molecule has 0 spiro atoms. The van der Waals surface area contributed by atoms with Crippen molar-refractivity contribution in [3.05, 3.63) is 62.2 Å². The van der Waals surface area contributed by atoms with Gasteiger partial charge in [-0.1, -0.05) is 6.07 Å². The van der Waals surface area contributed by atoms with Crippen LogP contribution in [0.25, 0.3) is 0 Å². The van der Waals surface area contributed by atoms with E-state index in [2.05, 4.69) is 28.3 Å². The van der Waals surface area contributed by atoms with Crippen molar-refractivity contribution in [3.63, 3.8) is 0 Å². The van der Waals surface area contributed by atoms with E-state index in [0.29, 0.717) is 11.5 Å². The standard InChI is InChI=1S/C12H8INO3.C5H12N2O3S/c13-9-2-1-3-12(8-9)17-11-6-4-10(5-7-11)14(15)16;1-5(2,3)11(9,10)7-4(6)8/h1-8H;1-3H3,(H3,6,7,8). The van der Waals surface area contributed by atoms with E-state index in [1.165, 1.54) is 32.9 Å². The van der Waals surface area contributed by atoms with Crippen molar-refractivity contribution in [2.75, 3.05) is 0 Å². The highest BCUT2D eigenvalue weighted by molar-refractivity contribution is 14.1. The summed E-state index contributed by atoms with van der Waals surface area (Å²) in [6, 6.07) is 12.5. The van der Waals surface area contributed by atoms with E-state index < -0.39 is 25.7 Å². The average Bonchev–Trinajstić information content (AvgIpc) is 2.54. The molecule has 9 nitrogen and oxygen atoms in total. The van der Waals surface area contributed by atoms with Crippen molar-refractivity contribution < 1.29 is 22.9 Å². The van der Waals surface area contributed by atoms with Gasteiger partial charge in [0.25, 0.3) is 5.69 Å². The van der Waals surface area contributed by atoms with Crippen molar-refractivity contribution in [2.24, 2.45) is 5.73 Å². The molecule has 0 saturated heterocycles. The molecule has 11 heteroatoms. The van der Waals surface area contributed by atoms with Gasteiger partial charge >= 0.3 is 6.03 Å². The van der Waals surface area contributed by atoms with Gasteiger partial charge in [0.05, 0.1) is 9.67 Å². The molecule has 0 aliphatic rings. The van der Waals surface area contributed by atoms with Gasteiger partial charge in [0.1, 0.15) is 11.5 Å². The number of nitro benzene ring substituents is 1. The molecule has 0 fully saturated rings. The van der Waals surface area contributed by atoms with Crippen LogP contribution in [0.5, 0.6) is 11.5 Å². The predicted molar refractivity (Wildman–Crippen MR) is 114 cm³/mol. The molecule has 2 aromatic carbocycles. The Labute approximate surface area is 176 Å². The van der Waals surface area contributed by atoms with Gasteiger partial charge in [-0.25, -0.2) is 17.9 Å². The Morgan fingerprint density at radius 2 is 1.71 bits per heavy atom. The summed E-state index contributed by atoms with van der Waals surface area (Å²) in [4.78, 5) is 20.2. The number of nitrogens with two attached hydrogens (primary N) is 1. The third kappa shape index (κ3) is 7.68. The fourth-order valence-electron chi connectivity index (χ4n) is 1.59. The number of ether oxygens (including phenoxy) is 1. The number of carbonyl (C=O) groups is 1. The molecule has 3 N–H and O–H groups in total. The predicted octanol–water partition coefficient (Wildman–Crippen LogP) is 3.77. The van der Waals surface area contributed by atoms with Gasteiger partial charge in [-0.05, 0) is 73.7 Å². The minimum absolute atomic E-state index is 0.0555. The Bertz CT molecular complexity index is 940. The van der Waals surface area contributed by atoms with Gasteiger partial charge < -0.3 is 10.5 Å². The number of halogens is 1. The van der Waals surface area contributed by atoms with E-state index in [1.54, 1.807) is 16.9 Å². The zero-order valence-electron chi connectivity index (χ0n) is 15.4. The van der Waals surface area contributed by atoms with Crippen LogP contribution in [0.2, 0.25) is 0 Å². The number of hydrogen-bond acceptors (Lipinski definition) is 6. The summed E-state index contributed by atoms with van der Waals surface area (Å²) in [7, 11) is -3.62. The second kappa shape index (κ2) is 9.68. The molecule has 2 amide bonds. The van der Waals surface area contributed by atoms with E-state index in [9.17, 15) is 23.3 Å². The maximum Gasteiger partial charge on any atom is 0.325 e. The minimum atomic E-state index is -3.62. The summed E-state index contributed by atoms with van der Waals surface area (Å²) in [5.74, 6) is 1.29. The van der Waals surface area contributed by atoms with Gasteiger partial charge in [0.2, 0.25) is 10.0 Å². The molecule has 0 atom stereocenters. The maximum absolute atomic E-state index is 11.1. The summed E-state index contributed by atoms with van der Waals surface area (Å²) < 4.78 is 29.4. The molecule has 0 unspecified atom stereocenters. The number of carbonyl (C=O) groups excluding carboxylic acids is 1. The van der Waals surface area contributed by atoms with Gasteiger partial charge in [0, 0.05) is 15.7 Å². The van der Waals surface area contributed by atoms with E-state index in [1.807, 2.05) is 24.3 Å². The number of amides is 2. The topological polar surface area (TPSA) is 142 Å². The van der Waals surface area contributed by atoms with Crippen LogP contribution in [0.3, 0.4) is 0 Å². The number of benzene rings is 2. The monoisotopic (exact) mass is 521 g/mol. The number of nitrogens with zero attached hydrogens (tertiary/aromatic N) is 1. The number of sulfonamides is 1. The van der Waals surface area contributed by atoms with Crippen LogP contribution in [0.4, 0.5) is 10.5 Å². The quantitative estimate of drug-likeness (QED) is 0.357. The molecule has 28 heavy (non-hydrogen) atoms. The lowest BCUT2D eigenvalue weighted by Crippen LogP contribution is -2.44. The summed E-state index contributed by atoms with van der Waals surface area (Å²) in [6.07, 6.45) is 0. The Morgan fingerprint density at radius 1 is 1.14 bits per heavy atom. The van der Waals surface area contributed by atoms with Crippen LogP contribution in [-0.2, 0) is 10.0 Å². The van der Waals surface area contributed by atoms with Crippen LogP contribution >= 0.6 is 22.6 Å². The van der Waals surface area contributed by atoms with Crippen molar-refractivity contribution in [1.82, 2.24) is 4.72 Å². The molecular weight excluding hydrogens is 501 g/mol. The number of urea groups is 1. The highest BCUT2D eigenvalue weighted by atomic mass is 127. The Morgan fingerprint density at radius 3 is 2.11 bits per heavy atom. The first-order valence-corrected chi connectivity index (χ1v) is 10.4. The molecular formula is C17H20IN3O6S. The zero-order valence-corrected chi connectivity index (χ0v) is 18.4. The molecule has 2 rings (SSSR count). The Kier molecular flexibility index (Phi) is 8.17. The van der Waals surface area contributed by atoms with Gasteiger partial charge in [-0.3, -0.25) is 10.1 Å². The number of nitro groups is 1. The molecule has 0 aromatic heterocycles. The Hall–Kier alpha value is -2.41. The van der Waals surface area contributed by atoms with Crippen LogP contribution in [0.1, 0.15) is 20.8 Å². The van der Waals surface area contributed by atoms with E-state index in [-0.39, 0.29) is 5.69 Å². The lowest BCUT2D eigenvalue weighted by molar-refractivity contribution is -0.384. The van der Waals surface area contributed by atoms with Gasteiger partial charge in [-0.2, -0.15) is 0 Å². The first kappa shape index (κ1) is 23.6. The normalized spacial score (nSPS) is 11.0. The Balaban J connectivity index is 0.000000311. The lowest BCUT2D eigenvalue weighted by atomic mass is 10.3. The van der Waals surface area contributed by atoms with Crippen molar-refractivity contribution in [2.45, 2.75) is 25.5 Å². The fraction of sp³-hybridized carbons (Fsp3) is 0.235. The average molecular weight is 521 g/mol. The van der Waals surface area contributed by atoms with Crippen LogP contribution in [0.15, 0.2) is 48.5 Å².